The van der Waals surface area contributed by atoms with Gasteiger partial charge in [-0.3, -0.25) is 14.4 Å². The Hall–Kier alpha value is -1.31. The number of carbonyl (C=O) groups is 4. The van der Waals surface area contributed by atoms with Crippen LogP contribution >= 0.6 is 24.4 Å². The SMILES string of the molecule is CC(CCC(C)NC(=O)C(CCC[Si](C)(C)O[Si](C)(C)C)CC(=O)O)NC(=O)NCCCCCCNC(=O)SCCOCCOCCS. The zero-order chi connectivity index (χ0) is 36.4. The molecule has 0 spiro atoms. The van der Waals surface area contributed by atoms with E-state index in [0.717, 1.165) is 38.1 Å². The molecule has 282 valence electrons. The third-order valence-electron chi connectivity index (χ3n) is 7.23. The normalized spacial score (nSPS) is 13.8. The van der Waals surface area contributed by atoms with Crippen LogP contribution in [0.15, 0.2) is 0 Å². The predicted octanol–water partition coefficient (Wildman–Crippen LogP) is 5.85. The van der Waals surface area contributed by atoms with Crippen molar-refractivity contribution in [2.45, 2.75) is 122 Å². The van der Waals surface area contributed by atoms with E-state index in [2.05, 4.69) is 66.6 Å². The average Bonchev–Trinajstić information content (AvgIpc) is 2.96. The van der Waals surface area contributed by atoms with Gasteiger partial charge in [-0.25, -0.2) is 4.79 Å². The second-order valence-corrected chi connectivity index (χ2v) is 24.5. The van der Waals surface area contributed by atoms with E-state index in [1.54, 1.807) is 0 Å². The van der Waals surface area contributed by atoms with Gasteiger partial charge in [0.2, 0.25) is 5.91 Å². The molecular formula is C32H66N4O8S2Si2. The molecule has 0 aliphatic rings. The minimum Gasteiger partial charge on any atom is -0.481 e. The molecule has 3 unspecified atom stereocenters. The second kappa shape index (κ2) is 27.4. The standard InChI is InChI=1S/C32H66N4O8S2Si2/c1-26(35-30(39)28(25-29(37)38)13-12-24-48(6,7)44-47(3,4)5)14-15-27(2)36-31(40)33-16-10-8-9-11-17-34-32(41)46-23-21-43-19-18-42-20-22-45/h26-28,45H,8-25H2,1-7H3,(H,34,41)(H,35,39)(H,37,38)(H2,33,36,40). The van der Waals surface area contributed by atoms with Crippen molar-refractivity contribution in [2.24, 2.45) is 5.92 Å². The number of rotatable bonds is 29. The fourth-order valence-corrected chi connectivity index (χ4v) is 13.9. The average molecular weight is 755 g/mol. The van der Waals surface area contributed by atoms with E-state index in [4.69, 9.17) is 13.6 Å². The Kier molecular flexibility index (Phi) is 26.7. The molecule has 0 saturated heterocycles. The van der Waals surface area contributed by atoms with Gasteiger partial charge >= 0.3 is 12.0 Å². The summed E-state index contributed by atoms with van der Waals surface area (Å²) in [6.45, 7) is 18.1. The molecule has 0 aliphatic heterocycles. The predicted molar refractivity (Wildman–Crippen MR) is 204 cm³/mol. The minimum absolute atomic E-state index is 0.0450. The number of ether oxygens (including phenoxy) is 2. The van der Waals surface area contributed by atoms with Crippen LogP contribution < -0.4 is 21.3 Å². The lowest BCUT2D eigenvalue weighted by molar-refractivity contribution is -0.141. The lowest BCUT2D eigenvalue weighted by Gasteiger charge is -2.32. The number of hydrogen-bond donors (Lipinski definition) is 6. The van der Waals surface area contributed by atoms with Gasteiger partial charge in [0, 0.05) is 42.6 Å². The molecule has 0 aliphatic carbocycles. The van der Waals surface area contributed by atoms with Crippen LogP contribution in [0.3, 0.4) is 0 Å². The van der Waals surface area contributed by atoms with Crippen molar-refractivity contribution in [1.29, 1.82) is 0 Å². The van der Waals surface area contributed by atoms with E-state index in [1.165, 1.54) is 11.8 Å². The van der Waals surface area contributed by atoms with Crippen LogP contribution in [0.2, 0.25) is 38.8 Å². The van der Waals surface area contributed by atoms with Crippen LogP contribution in [-0.4, -0.2) is 108 Å². The van der Waals surface area contributed by atoms with Crippen LogP contribution in [0, 0.1) is 5.92 Å². The molecule has 48 heavy (non-hydrogen) atoms. The highest BCUT2D eigenvalue weighted by Crippen LogP contribution is 2.23. The Balaban J connectivity index is 4.06. The first-order valence-electron chi connectivity index (χ1n) is 17.5. The number of carboxylic acid groups (broad SMARTS) is 1. The lowest BCUT2D eigenvalue weighted by Crippen LogP contribution is -2.43. The molecule has 4 amide bonds. The van der Waals surface area contributed by atoms with E-state index in [1.807, 2.05) is 13.8 Å². The molecule has 0 aromatic heterocycles. The van der Waals surface area contributed by atoms with Crippen LogP contribution in [0.5, 0.6) is 0 Å². The Bertz CT molecular complexity index is 916. The van der Waals surface area contributed by atoms with Crippen LogP contribution in [-0.2, 0) is 23.2 Å². The highest BCUT2D eigenvalue weighted by Gasteiger charge is 2.30. The van der Waals surface area contributed by atoms with Crippen molar-refractivity contribution in [2.75, 3.05) is 51.0 Å². The molecule has 0 fully saturated rings. The zero-order valence-corrected chi connectivity index (χ0v) is 34.3. The highest BCUT2D eigenvalue weighted by molar-refractivity contribution is 8.13. The van der Waals surface area contributed by atoms with E-state index in [-0.39, 0.29) is 35.7 Å². The Morgan fingerprint density at radius 3 is 1.94 bits per heavy atom. The van der Waals surface area contributed by atoms with Crippen molar-refractivity contribution < 1.29 is 37.9 Å². The van der Waals surface area contributed by atoms with Crippen molar-refractivity contribution in [3.05, 3.63) is 0 Å². The van der Waals surface area contributed by atoms with E-state index in [9.17, 15) is 24.3 Å². The molecule has 5 N–H and O–H groups in total. The van der Waals surface area contributed by atoms with Gasteiger partial charge in [-0.15, -0.1) is 0 Å². The summed E-state index contributed by atoms with van der Waals surface area (Å²) in [5.41, 5.74) is 0. The number of carbonyl (C=O) groups excluding carboxylic acids is 3. The molecule has 0 bridgehead atoms. The number of amides is 4. The lowest BCUT2D eigenvalue weighted by atomic mass is 9.98. The Morgan fingerprint density at radius 2 is 1.35 bits per heavy atom. The molecule has 0 rings (SSSR count). The summed E-state index contributed by atoms with van der Waals surface area (Å²) in [6.07, 6.45) is 6.09. The Labute approximate surface area is 301 Å². The van der Waals surface area contributed by atoms with Gasteiger partial charge in [-0.1, -0.05) is 31.0 Å². The van der Waals surface area contributed by atoms with Crippen molar-refractivity contribution in [1.82, 2.24) is 21.3 Å². The van der Waals surface area contributed by atoms with Crippen LogP contribution in [0.25, 0.3) is 0 Å². The summed E-state index contributed by atoms with van der Waals surface area (Å²) in [6, 6.07) is 0.456. The quantitative estimate of drug-likeness (QED) is 0.0312. The first-order chi connectivity index (χ1) is 22.5. The maximum Gasteiger partial charge on any atom is 0.314 e. The largest absolute Gasteiger partial charge is 0.481 e. The number of thiol groups is 1. The number of carboxylic acids is 1. The summed E-state index contributed by atoms with van der Waals surface area (Å²) in [5.74, 6) is -0.478. The number of urea groups is 1. The number of unbranched alkanes of at least 4 members (excludes halogenated alkanes) is 3. The molecule has 12 nitrogen and oxygen atoms in total. The number of nitrogens with one attached hydrogen (secondary N) is 4. The fourth-order valence-electron chi connectivity index (χ4n) is 5.10. The highest BCUT2D eigenvalue weighted by atomic mass is 32.2. The topological polar surface area (TPSA) is 164 Å². The number of thioether (sulfide) groups is 1. The summed E-state index contributed by atoms with van der Waals surface area (Å²) in [4.78, 5) is 48.6. The monoisotopic (exact) mass is 754 g/mol. The van der Waals surface area contributed by atoms with Gasteiger partial charge < -0.3 is 40.0 Å². The maximum atomic E-state index is 12.9. The van der Waals surface area contributed by atoms with E-state index >= 15 is 0 Å². The maximum absolute atomic E-state index is 12.9. The van der Waals surface area contributed by atoms with Crippen molar-refractivity contribution in [3.63, 3.8) is 0 Å². The second-order valence-electron chi connectivity index (χ2n) is 13.9. The molecular weight excluding hydrogens is 689 g/mol. The van der Waals surface area contributed by atoms with Gasteiger partial charge in [-0.2, -0.15) is 12.6 Å². The number of hydrogen-bond acceptors (Lipinski definition) is 9. The zero-order valence-electron chi connectivity index (χ0n) is 30.6. The fraction of sp³-hybridized carbons (Fsp3) is 0.875. The molecule has 0 saturated carbocycles. The third kappa shape index (κ3) is 29.6. The minimum atomic E-state index is -1.86. The summed E-state index contributed by atoms with van der Waals surface area (Å²) in [7, 11) is -3.51. The molecule has 0 aromatic carbocycles. The summed E-state index contributed by atoms with van der Waals surface area (Å²) >= 11 is 5.28. The van der Waals surface area contributed by atoms with Crippen LogP contribution in [0.4, 0.5) is 9.59 Å². The molecule has 0 heterocycles. The molecule has 16 heteroatoms. The number of aliphatic carboxylic acids is 1. The molecule has 0 aromatic rings. The third-order valence-corrected chi connectivity index (χ3v) is 14.4. The summed E-state index contributed by atoms with van der Waals surface area (Å²) < 4.78 is 17.1. The van der Waals surface area contributed by atoms with Crippen molar-refractivity contribution in [3.8, 4) is 0 Å². The molecule has 3 atom stereocenters. The van der Waals surface area contributed by atoms with E-state index < -0.39 is 28.5 Å². The Morgan fingerprint density at radius 1 is 0.771 bits per heavy atom. The van der Waals surface area contributed by atoms with Gasteiger partial charge in [0.1, 0.15) is 0 Å². The van der Waals surface area contributed by atoms with Gasteiger partial charge in [0.15, 0.2) is 16.6 Å². The van der Waals surface area contributed by atoms with E-state index in [0.29, 0.717) is 70.3 Å². The first-order valence-corrected chi connectivity index (χ1v) is 25.6. The van der Waals surface area contributed by atoms with Gasteiger partial charge in [0.25, 0.3) is 5.24 Å². The first kappa shape index (κ1) is 46.7. The van der Waals surface area contributed by atoms with Gasteiger partial charge in [-0.05, 0) is 84.7 Å². The summed E-state index contributed by atoms with van der Waals surface area (Å²) in [5, 5.41) is 21.1. The van der Waals surface area contributed by atoms with Gasteiger partial charge in [0.05, 0.1) is 32.8 Å². The van der Waals surface area contributed by atoms with Crippen molar-refractivity contribution >= 4 is 64.2 Å². The smallest absolute Gasteiger partial charge is 0.314 e. The molecule has 0 radical (unpaired) electrons. The van der Waals surface area contributed by atoms with Crippen LogP contribution in [0.1, 0.15) is 71.6 Å².